The van der Waals surface area contributed by atoms with Crippen LogP contribution in [0.2, 0.25) is 0 Å². The van der Waals surface area contributed by atoms with Crippen molar-refractivity contribution < 1.29 is 19.0 Å². The van der Waals surface area contributed by atoms with E-state index >= 15 is 0 Å². The highest BCUT2D eigenvalue weighted by atomic mass is 16.6. The van der Waals surface area contributed by atoms with Gasteiger partial charge in [0, 0.05) is 19.0 Å². The number of hydrogen-bond acceptors (Lipinski definition) is 6. The number of alkyl carbamates (subject to hydrolysis) is 1. The van der Waals surface area contributed by atoms with Crippen molar-refractivity contribution in [3.8, 4) is 11.5 Å². The molecule has 0 aliphatic rings. The molecular formula is C34H44N4O4. The fourth-order valence-corrected chi connectivity index (χ4v) is 4.65. The number of fused-ring (bicyclic) bond motifs is 1. The maximum absolute atomic E-state index is 12.8. The van der Waals surface area contributed by atoms with Crippen LogP contribution < -0.4 is 14.8 Å². The van der Waals surface area contributed by atoms with E-state index in [-0.39, 0.29) is 0 Å². The first-order valence-electron chi connectivity index (χ1n) is 14.8. The van der Waals surface area contributed by atoms with Gasteiger partial charge in [-0.2, -0.15) is 0 Å². The predicted molar refractivity (Wildman–Crippen MR) is 167 cm³/mol. The van der Waals surface area contributed by atoms with E-state index in [9.17, 15) is 4.79 Å². The fourth-order valence-electron chi connectivity index (χ4n) is 4.65. The number of nitrogens with one attached hydrogen (secondary N) is 2. The summed E-state index contributed by atoms with van der Waals surface area (Å²) in [5.41, 5.74) is 3.19. The van der Waals surface area contributed by atoms with Crippen LogP contribution in [0.1, 0.15) is 64.0 Å². The van der Waals surface area contributed by atoms with Crippen molar-refractivity contribution in [3.05, 3.63) is 89.7 Å². The van der Waals surface area contributed by atoms with Crippen molar-refractivity contribution >= 4 is 17.1 Å². The highest BCUT2D eigenvalue weighted by molar-refractivity contribution is 5.77. The lowest BCUT2D eigenvalue weighted by Crippen LogP contribution is -2.36. The number of carbonyl (C=O) groups excluding carboxylic acids is 1. The van der Waals surface area contributed by atoms with E-state index in [4.69, 9.17) is 19.2 Å². The molecule has 0 aliphatic carbocycles. The van der Waals surface area contributed by atoms with Gasteiger partial charge in [-0.05, 0) is 75.7 Å². The molecule has 1 aromatic heterocycles. The van der Waals surface area contributed by atoms with Gasteiger partial charge in [-0.15, -0.1) is 0 Å². The zero-order chi connectivity index (χ0) is 30.0. The average Bonchev–Trinajstić information content (AvgIpc) is 3.40. The van der Waals surface area contributed by atoms with Gasteiger partial charge < -0.3 is 29.4 Å². The van der Waals surface area contributed by atoms with Crippen molar-refractivity contribution in [3.63, 3.8) is 0 Å². The van der Waals surface area contributed by atoms with Crippen molar-refractivity contribution in [2.75, 3.05) is 26.2 Å². The maximum Gasteiger partial charge on any atom is 0.408 e. The Balaban J connectivity index is 1.45. The molecule has 0 spiro atoms. The number of amides is 1. The minimum absolute atomic E-state index is 0.429. The van der Waals surface area contributed by atoms with Gasteiger partial charge in [0.15, 0.2) is 0 Å². The first-order chi connectivity index (χ1) is 20.2. The van der Waals surface area contributed by atoms with Crippen LogP contribution in [-0.2, 0) is 17.8 Å². The molecule has 0 bridgehead atoms. The number of carbonyl (C=O) groups is 1. The molecule has 1 atom stereocenters. The number of H-pyrrole nitrogens is 1. The summed E-state index contributed by atoms with van der Waals surface area (Å²) in [6.45, 7) is 14.2. The van der Waals surface area contributed by atoms with Gasteiger partial charge in [0.1, 0.15) is 29.5 Å². The van der Waals surface area contributed by atoms with Crippen LogP contribution in [0.3, 0.4) is 0 Å². The molecule has 42 heavy (non-hydrogen) atoms. The Morgan fingerprint density at radius 3 is 2.33 bits per heavy atom. The topological polar surface area (TPSA) is 88.7 Å². The first kappa shape index (κ1) is 30.9. The van der Waals surface area contributed by atoms with E-state index in [1.54, 1.807) is 0 Å². The first-order valence-corrected chi connectivity index (χ1v) is 14.8. The van der Waals surface area contributed by atoms with Gasteiger partial charge in [0.25, 0.3) is 0 Å². The molecule has 2 N–H and O–H groups in total. The Hall–Kier alpha value is -4.04. The zero-order valence-corrected chi connectivity index (χ0v) is 25.5. The van der Waals surface area contributed by atoms with Gasteiger partial charge in [-0.3, -0.25) is 0 Å². The third-order valence-corrected chi connectivity index (χ3v) is 6.89. The third kappa shape index (κ3) is 9.52. The molecule has 1 amide bonds. The van der Waals surface area contributed by atoms with Crippen LogP contribution in [-0.4, -0.2) is 52.8 Å². The second-order valence-corrected chi connectivity index (χ2v) is 11.4. The number of hydrogen-bond donors (Lipinski definition) is 2. The summed E-state index contributed by atoms with van der Waals surface area (Å²) in [5.74, 6) is 2.23. The Morgan fingerprint density at radius 2 is 1.64 bits per heavy atom. The molecule has 0 aliphatic heterocycles. The lowest BCUT2D eigenvalue weighted by Gasteiger charge is -2.23. The Kier molecular flexibility index (Phi) is 10.8. The number of aromatic amines is 1. The molecule has 0 fully saturated rings. The standard InChI is InChI=1S/C34H44N4O4/c1-6-38(7-2)20-11-21-40-28-18-19-29-30(23-28)36-32(35-29)31(37-33(39)42-34(3,4)5)22-25-14-16-27(17-15-25)41-24-26-12-9-8-10-13-26/h8-10,12-19,23,31H,6-7,11,20-22,24H2,1-5H3,(H,35,36)(H,37,39). The molecule has 3 aromatic carbocycles. The lowest BCUT2D eigenvalue weighted by molar-refractivity contribution is 0.0501. The van der Waals surface area contributed by atoms with E-state index in [0.717, 1.165) is 59.7 Å². The monoisotopic (exact) mass is 572 g/mol. The number of benzene rings is 3. The summed E-state index contributed by atoms with van der Waals surface area (Å²) >= 11 is 0. The van der Waals surface area contributed by atoms with Gasteiger partial charge in [-0.25, -0.2) is 9.78 Å². The smallest absolute Gasteiger partial charge is 0.408 e. The highest BCUT2D eigenvalue weighted by Gasteiger charge is 2.23. The van der Waals surface area contributed by atoms with Crippen LogP contribution in [0.4, 0.5) is 4.79 Å². The summed E-state index contributed by atoms with van der Waals surface area (Å²) in [5, 5.41) is 3.02. The van der Waals surface area contributed by atoms with Crippen LogP contribution in [0.5, 0.6) is 11.5 Å². The van der Waals surface area contributed by atoms with Crippen molar-refractivity contribution in [1.29, 1.82) is 0 Å². The van der Waals surface area contributed by atoms with Gasteiger partial charge in [-0.1, -0.05) is 56.3 Å². The lowest BCUT2D eigenvalue weighted by atomic mass is 10.1. The molecule has 224 valence electrons. The summed E-state index contributed by atoms with van der Waals surface area (Å²) in [4.78, 5) is 23.4. The van der Waals surface area contributed by atoms with E-state index < -0.39 is 17.7 Å². The highest BCUT2D eigenvalue weighted by Crippen LogP contribution is 2.25. The average molecular weight is 573 g/mol. The maximum atomic E-state index is 12.8. The third-order valence-electron chi connectivity index (χ3n) is 6.89. The fraction of sp³-hybridized carbons (Fsp3) is 0.412. The molecule has 0 saturated heterocycles. The molecule has 0 radical (unpaired) electrons. The number of aromatic nitrogens is 2. The summed E-state index contributed by atoms with van der Waals surface area (Å²) in [6, 6.07) is 23.4. The van der Waals surface area contributed by atoms with Crippen LogP contribution in [0.15, 0.2) is 72.8 Å². The molecule has 1 heterocycles. The Morgan fingerprint density at radius 1 is 0.929 bits per heavy atom. The molecular weight excluding hydrogens is 528 g/mol. The summed E-state index contributed by atoms with van der Waals surface area (Å²) < 4.78 is 17.5. The Bertz CT molecular complexity index is 1390. The number of imidazole rings is 1. The predicted octanol–water partition coefficient (Wildman–Crippen LogP) is 7.06. The van der Waals surface area contributed by atoms with E-state index in [1.165, 1.54) is 0 Å². The number of rotatable bonds is 14. The van der Waals surface area contributed by atoms with Crippen LogP contribution in [0.25, 0.3) is 11.0 Å². The second-order valence-electron chi connectivity index (χ2n) is 11.4. The molecule has 8 heteroatoms. The minimum atomic E-state index is -0.613. The quantitative estimate of drug-likeness (QED) is 0.157. The second kappa shape index (κ2) is 14.7. The molecule has 0 saturated carbocycles. The number of ether oxygens (including phenoxy) is 3. The Labute approximate surface area is 249 Å². The minimum Gasteiger partial charge on any atom is -0.493 e. The van der Waals surface area contributed by atoms with E-state index in [0.29, 0.717) is 25.5 Å². The molecule has 4 aromatic rings. The van der Waals surface area contributed by atoms with Gasteiger partial charge in [0.2, 0.25) is 0 Å². The summed E-state index contributed by atoms with van der Waals surface area (Å²) in [7, 11) is 0. The molecule has 8 nitrogen and oxygen atoms in total. The zero-order valence-electron chi connectivity index (χ0n) is 25.5. The van der Waals surface area contributed by atoms with Crippen LogP contribution in [0, 0.1) is 0 Å². The normalized spacial score (nSPS) is 12.3. The SMILES string of the molecule is CCN(CC)CCCOc1ccc2nc(C(Cc3ccc(OCc4ccccc4)cc3)NC(=O)OC(C)(C)C)[nH]c2c1. The van der Waals surface area contributed by atoms with Crippen molar-refractivity contribution in [1.82, 2.24) is 20.2 Å². The largest absolute Gasteiger partial charge is 0.493 e. The molecule has 1 unspecified atom stereocenters. The van der Waals surface area contributed by atoms with Crippen molar-refractivity contribution in [2.45, 2.75) is 65.7 Å². The van der Waals surface area contributed by atoms with Gasteiger partial charge >= 0.3 is 6.09 Å². The number of nitrogens with zero attached hydrogens (tertiary/aromatic N) is 2. The molecule has 4 rings (SSSR count). The van der Waals surface area contributed by atoms with Crippen LogP contribution >= 0.6 is 0 Å². The summed E-state index contributed by atoms with van der Waals surface area (Å²) in [6.07, 6.45) is 0.992. The van der Waals surface area contributed by atoms with E-state index in [2.05, 4.69) is 29.0 Å². The van der Waals surface area contributed by atoms with E-state index in [1.807, 2.05) is 93.6 Å². The van der Waals surface area contributed by atoms with Gasteiger partial charge in [0.05, 0.1) is 23.7 Å². The van der Waals surface area contributed by atoms with Crippen molar-refractivity contribution in [2.24, 2.45) is 0 Å².